The Morgan fingerprint density at radius 2 is 2.56 bits per heavy atom. The molecule has 0 radical (unpaired) electrons. The number of rotatable bonds is 2. The normalized spacial score (nSPS) is 9.33. The van der Waals surface area contributed by atoms with Crippen LogP contribution in [0.15, 0.2) is 17.1 Å². The summed E-state index contributed by atoms with van der Waals surface area (Å²) in [7, 11) is 0. The van der Waals surface area contributed by atoms with Crippen LogP contribution in [0, 0.1) is 0 Å². The van der Waals surface area contributed by atoms with Crippen molar-refractivity contribution in [2.45, 2.75) is 6.54 Å². The van der Waals surface area contributed by atoms with Crippen LogP contribution in [0.5, 0.6) is 0 Å². The maximum atomic E-state index is 10.3. The molecule has 0 unspecified atom stereocenters. The van der Waals surface area contributed by atoms with Crippen molar-refractivity contribution >= 4 is 17.2 Å². The summed E-state index contributed by atoms with van der Waals surface area (Å²) in [5, 5.41) is 1.89. The van der Waals surface area contributed by atoms with E-state index in [1.54, 1.807) is 4.57 Å². The van der Waals surface area contributed by atoms with Gasteiger partial charge in [0.15, 0.2) is 6.20 Å². The fourth-order valence-electron chi connectivity index (χ4n) is 0.532. The number of hydrogen-bond acceptors (Lipinski definition) is 2. The summed E-state index contributed by atoms with van der Waals surface area (Å²) < 4.78 is 1.74. The van der Waals surface area contributed by atoms with Crippen LogP contribution < -0.4 is 10.3 Å². The van der Waals surface area contributed by atoms with Crippen molar-refractivity contribution in [3.63, 3.8) is 0 Å². The Kier molecular flexibility index (Phi) is 1.79. The number of aromatic nitrogens is 1. The molecule has 2 N–H and O–H groups in total. The average molecular weight is 143 g/mol. The fraction of sp³-hybridized carbons (Fsp3) is 0.200. The molecule has 1 aromatic rings. The molecule has 1 rings (SSSR count). The Labute approximate surface area is 56.7 Å². The standard InChI is InChI=1S/C5H6N2OS/c6-5(8)3-7-1-2-9-4-7/h1-2,4H,3H2,(H-,6,8)/p+1. The quantitative estimate of drug-likeness (QED) is 0.558. The van der Waals surface area contributed by atoms with Gasteiger partial charge < -0.3 is 5.73 Å². The number of hydrogen-bond donors (Lipinski definition) is 1. The minimum Gasteiger partial charge on any atom is -0.364 e. The van der Waals surface area contributed by atoms with E-state index < -0.39 is 0 Å². The second kappa shape index (κ2) is 2.59. The number of thiazole rings is 1. The van der Waals surface area contributed by atoms with Crippen LogP contribution in [-0.2, 0) is 11.3 Å². The third-order valence-corrected chi connectivity index (χ3v) is 1.54. The van der Waals surface area contributed by atoms with Gasteiger partial charge in [-0.1, -0.05) is 11.3 Å². The Hall–Kier alpha value is -0.900. The molecule has 0 bridgehead atoms. The Bertz CT molecular complexity index is 195. The molecule has 0 atom stereocenters. The Morgan fingerprint density at radius 1 is 1.78 bits per heavy atom. The van der Waals surface area contributed by atoms with Crippen LogP contribution >= 0.6 is 11.3 Å². The molecule has 48 valence electrons. The lowest BCUT2D eigenvalue weighted by atomic mass is 10.6. The fourth-order valence-corrected chi connectivity index (χ4v) is 1.13. The molecular formula is C5H7N2OS+. The number of nitrogens with two attached hydrogens (primary N) is 1. The monoisotopic (exact) mass is 143 g/mol. The molecule has 1 heterocycles. The molecule has 0 aliphatic heterocycles. The van der Waals surface area contributed by atoms with Crippen molar-refractivity contribution in [2.24, 2.45) is 5.73 Å². The van der Waals surface area contributed by atoms with Crippen molar-refractivity contribution in [2.75, 3.05) is 0 Å². The highest BCUT2D eigenvalue weighted by atomic mass is 32.1. The van der Waals surface area contributed by atoms with Gasteiger partial charge >= 0.3 is 0 Å². The summed E-state index contributed by atoms with van der Waals surface area (Å²) in [6, 6.07) is 0. The van der Waals surface area contributed by atoms with E-state index in [0.717, 1.165) is 0 Å². The Balaban J connectivity index is 2.58. The van der Waals surface area contributed by atoms with Gasteiger partial charge in [-0.05, 0) is 0 Å². The maximum absolute atomic E-state index is 10.3. The molecule has 3 nitrogen and oxygen atoms in total. The lowest BCUT2D eigenvalue weighted by molar-refractivity contribution is -0.679. The van der Waals surface area contributed by atoms with Crippen molar-refractivity contribution in [1.82, 2.24) is 0 Å². The number of carbonyl (C=O) groups excluding carboxylic acids is 1. The minimum absolute atomic E-state index is 0.281. The molecular weight excluding hydrogens is 136 g/mol. The van der Waals surface area contributed by atoms with Gasteiger partial charge in [-0.2, -0.15) is 4.57 Å². The topological polar surface area (TPSA) is 47.0 Å². The smallest absolute Gasteiger partial charge is 0.283 e. The third-order valence-electron chi connectivity index (χ3n) is 0.866. The summed E-state index contributed by atoms with van der Waals surface area (Å²) in [5.41, 5.74) is 6.77. The van der Waals surface area contributed by atoms with Crippen LogP contribution in [0.2, 0.25) is 0 Å². The van der Waals surface area contributed by atoms with Gasteiger partial charge in [-0.15, -0.1) is 0 Å². The largest absolute Gasteiger partial charge is 0.364 e. The first kappa shape index (κ1) is 6.22. The van der Waals surface area contributed by atoms with Crippen LogP contribution in [-0.4, -0.2) is 5.91 Å². The van der Waals surface area contributed by atoms with Gasteiger partial charge in [0.05, 0.1) is 5.38 Å². The zero-order chi connectivity index (χ0) is 6.69. The zero-order valence-electron chi connectivity index (χ0n) is 4.78. The van der Waals surface area contributed by atoms with Crippen molar-refractivity contribution < 1.29 is 9.36 Å². The highest BCUT2D eigenvalue weighted by Gasteiger charge is 2.02. The molecule has 1 aromatic heterocycles. The first-order valence-corrected chi connectivity index (χ1v) is 3.43. The number of amides is 1. The molecule has 0 saturated carbocycles. The minimum atomic E-state index is -0.307. The molecule has 0 spiro atoms. The van der Waals surface area contributed by atoms with E-state index in [4.69, 9.17) is 5.73 Å². The Morgan fingerprint density at radius 3 is 3.00 bits per heavy atom. The number of carbonyl (C=O) groups is 1. The van der Waals surface area contributed by atoms with E-state index >= 15 is 0 Å². The molecule has 0 aromatic carbocycles. The second-order valence-corrected chi connectivity index (χ2v) is 2.42. The molecule has 0 aliphatic rings. The SMILES string of the molecule is NC(=O)C[n+]1ccsc1. The molecule has 1 amide bonds. The zero-order valence-corrected chi connectivity index (χ0v) is 5.60. The van der Waals surface area contributed by atoms with Gasteiger partial charge in [0.2, 0.25) is 12.1 Å². The number of primary amides is 1. The van der Waals surface area contributed by atoms with Crippen LogP contribution in [0.25, 0.3) is 0 Å². The predicted octanol–water partition coefficient (Wildman–Crippen LogP) is -0.479. The highest BCUT2D eigenvalue weighted by molar-refractivity contribution is 7.07. The van der Waals surface area contributed by atoms with E-state index in [9.17, 15) is 4.79 Å². The molecule has 0 saturated heterocycles. The van der Waals surface area contributed by atoms with Crippen molar-refractivity contribution in [3.05, 3.63) is 17.1 Å². The summed E-state index contributed by atoms with van der Waals surface area (Å²) in [6.45, 7) is 0.281. The first-order chi connectivity index (χ1) is 4.29. The highest BCUT2D eigenvalue weighted by Crippen LogP contribution is 1.86. The summed E-state index contributed by atoms with van der Waals surface area (Å²) in [4.78, 5) is 10.3. The van der Waals surface area contributed by atoms with Crippen LogP contribution in [0.4, 0.5) is 0 Å². The molecule has 0 fully saturated rings. The van der Waals surface area contributed by atoms with Crippen molar-refractivity contribution in [3.8, 4) is 0 Å². The van der Waals surface area contributed by atoms with E-state index in [2.05, 4.69) is 0 Å². The van der Waals surface area contributed by atoms with Crippen LogP contribution in [0.1, 0.15) is 0 Å². The van der Waals surface area contributed by atoms with Gasteiger partial charge in [-0.25, -0.2) is 0 Å². The van der Waals surface area contributed by atoms with Gasteiger partial charge in [0, 0.05) is 0 Å². The first-order valence-electron chi connectivity index (χ1n) is 2.48. The molecule has 0 aliphatic carbocycles. The average Bonchev–Trinajstić information content (AvgIpc) is 2.15. The third kappa shape index (κ3) is 1.81. The lowest BCUT2D eigenvalue weighted by Gasteiger charge is -1.82. The van der Waals surface area contributed by atoms with Gasteiger partial charge in [-0.3, -0.25) is 4.79 Å². The number of nitrogens with zero attached hydrogens (tertiary/aromatic N) is 1. The predicted molar refractivity (Wildman–Crippen MR) is 33.7 cm³/mol. The van der Waals surface area contributed by atoms with E-state index in [1.165, 1.54) is 11.3 Å². The van der Waals surface area contributed by atoms with E-state index in [1.807, 2.05) is 17.1 Å². The van der Waals surface area contributed by atoms with Gasteiger partial charge in [0.25, 0.3) is 5.91 Å². The van der Waals surface area contributed by atoms with Crippen LogP contribution in [0.3, 0.4) is 0 Å². The summed E-state index contributed by atoms with van der Waals surface area (Å²) in [5.74, 6) is -0.307. The summed E-state index contributed by atoms with van der Waals surface area (Å²) >= 11 is 1.54. The van der Waals surface area contributed by atoms with Crippen molar-refractivity contribution in [1.29, 1.82) is 0 Å². The van der Waals surface area contributed by atoms with Gasteiger partial charge in [0.1, 0.15) is 0 Å². The molecule has 9 heavy (non-hydrogen) atoms. The lowest BCUT2D eigenvalue weighted by Crippen LogP contribution is -2.38. The maximum Gasteiger partial charge on any atom is 0.283 e. The van der Waals surface area contributed by atoms with E-state index in [0.29, 0.717) is 0 Å². The summed E-state index contributed by atoms with van der Waals surface area (Å²) in [6.07, 6.45) is 1.81. The van der Waals surface area contributed by atoms with E-state index in [-0.39, 0.29) is 12.5 Å². The molecule has 4 heteroatoms. The second-order valence-electron chi connectivity index (χ2n) is 1.67.